The van der Waals surface area contributed by atoms with Crippen LogP contribution in [0.25, 0.3) is 17.0 Å². The number of ketones is 1. The summed E-state index contributed by atoms with van der Waals surface area (Å²) in [5.74, 6) is -0.550. The van der Waals surface area contributed by atoms with Gasteiger partial charge in [0.2, 0.25) is 5.78 Å². The number of para-hydroxylation sites is 1. The fraction of sp³-hybridized carbons (Fsp3) is 0.0400. The van der Waals surface area contributed by atoms with Crippen LogP contribution in [0.1, 0.15) is 21.5 Å². The number of Topliss-reactive ketones (excluding diaryl/α,β-unsaturated/α-hetero) is 1. The van der Waals surface area contributed by atoms with E-state index in [0.29, 0.717) is 6.54 Å². The lowest BCUT2D eigenvalue weighted by atomic mass is 10.0. The summed E-state index contributed by atoms with van der Waals surface area (Å²) in [5.41, 5.74) is 2.69. The highest BCUT2D eigenvalue weighted by Crippen LogP contribution is 2.26. The minimum atomic E-state index is -0.566. The second-order valence-electron chi connectivity index (χ2n) is 7.02. The van der Waals surface area contributed by atoms with Gasteiger partial charge < -0.3 is 4.57 Å². The third-order valence-electron chi connectivity index (χ3n) is 5.00. The molecule has 31 heavy (non-hydrogen) atoms. The van der Waals surface area contributed by atoms with E-state index in [1.807, 2.05) is 66.9 Å². The molecule has 0 aliphatic carbocycles. The van der Waals surface area contributed by atoms with Crippen molar-refractivity contribution in [3.8, 4) is 6.07 Å². The van der Waals surface area contributed by atoms with E-state index in [2.05, 4.69) is 4.57 Å². The maximum absolute atomic E-state index is 12.9. The molecule has 4 aromatic rings. The number of aromatic nitrogens is 1. The zero-order chi connectivity index (χ0) is 21.8. The number of non-ortho nitro benzene ring substituents is 1. The molecule has 0 saturated carbocycles. The lowest BCUT2D eigenvalue weighted by molar-refractivity contribution is -0.384. The van der Waals surface area contributed by atoms with E-state index in [9.17, 15) is 20.2 Å². The number of hydrogen-bond donors (Lipinski definition) is 0. The molecule has 3 aromatic carbocycles. The van der Waals surface area contributed by atoms with Gasteiger partial charge in [0, 0.05) is 46.9 Å². The maximum atomic E-state index is 12.9. The largest absolute Gasteiger partial charge is 0.342 e. The van der Waals surface area contributed by atoms with Gasteiger partial charge in [-0.1, -0.05) is 60.7 Å². The van der Waals surface area contributed by atoms with Crippen LogP contribution < -0.4 is 0 Å². The number of nitrogens with zero attached hydrogens (tertiary/aromatic N) is 3. The summed E-state index contributed by atoms with van der Waals surface area (Å²) in [6, 6.07) is 25.1. The maximum Gasteiger partial charge on any atom is 0.270 e. The third kappa shape index (κ3) is 4.11. The lowest BCUT2D eigenvalue weighted by Crippen LogP contribution is -2.02. The number of hydrogen-bond acceptors (Lipinski definition) is 4. The molecular formula is C25H17N3O3. The number of fused-ring (bicyclic) bond motifs is 1. The molecule has 0 radical (unpaired) electrons. The average Bonchev–Trinajstić information content (AvgIpc) is 3.15. The summed E-state index contributed by atoms with van der Waals surface area (Å²) < 4.78 is 2.07. The lowest BCUT2D eigenvalue weighted by Gasteiger charge is -2.05. The minimum Gasteiger partial charge on any atom is -0.342 e. The smallest absolute Gasteiger partial charge is 0.270 e. The van der Waals surface area contributed by atoms with E-state index in [1.165, 1.54) is 24.3 Å². The summed E-state index contributed by atoms with van der Waals surface area (Å²) in [7, 11) is 0. The van der Waals surface area contributed by atoms with E-state index >= 15 is 0 Å². The SMILES string of the molecule is N#C/C(=C\c1cn(Cc2ccccc2)c2ccccc12)C(=O)c1cccc([N+](=O)[O-])c1. The van der Waals surface area contributed by atoms with Gasteiger partial charge in [0.25, 0.3) is 5.69 Å². The second-order valence-corrected chi connectivity index (χ2v) is 7.02. The van der Waals surface area contributed by atoms with Gasteiger partial charge in [0.05, 0.1) is 4.92 Å². The molecule has 0 aliphatic rings. The predicted octanol–water partition coefficient (Wildman–Crippen LogP) is 5.39. The summed E-state index contributed by atoms with van der Waals surface area (Å²) in [6.45, 7) is 0.649. The Bertz CT molecular complexity index is 1360. The van der Waals surface area contributed by atoms with Gasteiger partial charge in [-0.3, -0.25) is 14.9 Å². The Morgan fingerprint density at radius 2 is 1.77 bits per heavy atom. The molecule has 0 bridgehead atoms. The second kappa shape index (κ2) is 8.47. The molecule has 0 spiro atoms. The number of benzene rings is 3. The first-order valence-electron chi connectivity index (χ1n) is 9.59. The molecule has 0 amide bonds. The normalized spacial score (nSPS) is 11.3. The van der Waals surface area contributed by atoms with Gasteiger partial charge in [-0.25, -0.2) is 0 Å². The Hall–Kier alpha value is -4.50. The molecule has 6 heteroatoms. The molecule has 6 nitrogen and oxygen atoms in total. The predicted molar refractivity (Wildman–Crippen MR) is 118 cm³/mol. The van der Waals surface area contributed by atoms with Gasteiger partial charge in [0.15, 0.2) is 0 Å². The van der Waals surface area contributed by atoms with Crippen LogP contribution in [0, 0.1) is 21.4 Å². The number of allylic oxidation sites excluding steroid dienone is 1. The van der Waals surface area contributed by atoms with Crippen LogP contribution in [-0.4, -0.2) is 15.3 Å². The van der Waals surface area contributed by atoms with Crippen molar-refractivity contribution in [2.24, 2.45) is 0 Å². The molecule has 0 N–H and O–H groups in total. The summed E-state index contributed by atoms with van der Waals surface area (Å²) in [4.78, 5) is 23.3. The number of nitro benzene ring substituents is 1. The Labute approximate surface area is 178 Å². The van der Waals surface area contributed by atoms with E-state index in [1.54, 1.807) is 6.08 Å². The van der Waals surface area contributed by atoms with Crippen molar-refractivity contribution in [3.63, 3.8) is 0 Å². The number of rotatable bonds is 6. The third-order valence-corrected chi connectivity index (χ3v) is 5.00. The van der Waals surface area contributed by atoms with Crippen LogP contribution in [0.2, 0.25) is 0 Å². The molecule has 0 aliphatic heterocycles. The summed E-state index contributed by atoms with van der Waals surface area (Å²) >= 11 is 0. The van der Waals surface area contributed by atoms with E-state index in [4.69, 9.17) is 0 Å². The van der Waals surface area contributed by atoms with Crippen LogP contribution in [0.4, 0.5) is 5.69 Å². The Balaban J connectivity index is 1.75. The van der Waals surface area contributed by atoms with Gasteiger partial charge in [0.1, 0.15) is 11.6 Å². The van der Waals surface area contributed by atoms with Crippen LogP contribution in [0.15, 0.2) is 90.6 Å². The number of nitriles is 1. The minimum absolute atomic E-state index is 0.0805. The van der Waals surface area contributed by atoms with Crippen molar-refractivity contribution < 1.29 is 9.72 Å². The quantitative estimate of drug-likeness (QED) is 0.141. The van der Waals surface area contributed by atoms with Gasteiger partial charge >= 0.3 is 0 Å². The first kappa shape index (κ1) is 19.8. The van der Waals surface area contributed by atoms with Crippen molar-refractivity contribution in [1.82, 2.24) is 4.57 Å². The Morgan fingerprint density at radius 3 is 2.52 bits per heavy atom. The highest BCUT2D eigenvalue weighted by Gasteiger charge is 2.17. The molecule has 0 unspecified atom stereocenters. The van der Waals surface area contributed by atoms with Crippen molar-refractivity contribution in [1.29, 1.82) is 5.26 Å². The molecule has 1 heterocycles. The Morgan fingerprint density at radius 1 is 1.03 bits per heavy atom. The highest BCUT2D eigenvalue weighted by molar-refractivity contribution is 6.15. The molecular weight excluding hydrogens is 390 g/mol. The Kier molecular flexibility index (Phi) is 5.41. The highest BCUT2D eigenvalue weighted by atomic mass is 16.6. The molecule has 4 rings (SSSR count). The van der Waals surface area contributed by atoms with Gasteiger partial charge in [-0.15, -0.1) is 0 Å². The van der Waals surface area contributed by atoms with Crippen LogP contribution in [-0.2, 0) is 6.54 Å². The fourth-order valence-electron chi connectivity index (χ4n) is 3.52. The first-order chi connectivity index (χ1) is 15.1. The zero-order valence-corrected chi connectivity index (χ0v) is 16.4. The van der Waals surface area contributed by atoms with Crippen molar-refractivity contribution >= 4 is 28.4 Å². The van der Waals surface area contributed by atoms with Crippen LogP contribution in [0.3, 0.4) is 0 Å². The van der Waals surface area contributed by atoms with Crippen LogP contribution >= 0.6 is 0 Å². The van der Waals surface area contributed by atoms with E-state index in [0.717, 1.165) is 22.0 Å². The number of carbonyl (C=O) groups is 1. The standard InChI is InChI=1S/C25H17N3O3/c26-15-20(25(29)19-9-6-10-22(14-19)28(30)31)13-21-17-27(16-18-7-2-1-3-8-18)24-12-5-4-11-23(21)24/h1-14,17H,16H2/b20-13+. The van der Waals surface area contributed by atoms with Gasteiger partial charge in [-0.05, 0) is 17.7 Å². The molecule has 150 valence electrons. The molecule has 0 atom stereocenters. The fourth-order valence-corrected chi connectivity index (χ4v) is 3.52. The van der Waals surface area contributed by atoms with Crippen molar-refractivity contribution in [2.75, 3.05) is 0 Å². The van der Waals surface area contributed by atoms with Gasteiger partial charge in [-0.2, -0.15) is 5.26 Å². The number of carbonyl (C=O) groups excluding carboxylic acids is 1. The van der Waals surface area contributed by atoms with Crippen LogP contribution in [0.5, 0.6) is 0 Å². The van der Waals surface area contributed by atoms with Crippen molar-refractivity contribution in [3.05, 3.63) is 117 Å². The first-order valence-corrected chi connectivity index (χ1v) is 9.59. The van der Waals surface area contributed by atoms with Crippen molar-refractivity contribution in [2.45, 2.75) is 6.54 Å². The molecule has 0 fully saturated rings. The molecule has 1 aromatic heterocycles. The monoisotopic (exact) mass is 407 g/mol. The summed E-state index contributed by atoms with van der Waals surface area (Å²) in [6.07, 6.45) is 3.46. The summed E-state index contributed by atoms with van der Waals surface area (Å²) in [5, 5.41) is 21.6. The van der Waals surface area contributed by atoms with E-state index < -0.39 is 10.7 Å². The topological polar surface area (TPSA) is 88.9 Å². The average molecular weight is 407 g/mol. The zero-order valence-electron chi connectivity index (χ0n) is 16.4. The van der Waals surface area contributed by atoms with E-state index in [-0.39, 0.29) is 16.8 Å². The number of nitro groups is 1. The molecule has 0 saturated heterocycles.